The largest absolute Gasteiger partial charge is 0.367 e. The maximum absolute atomic E-state index is 6.17. The topological polar surface area (TPSA) is 38.5 Å². The molecular formula is C12H24N2O. The molecule has 0 radical (unpaired) electrons. The van der Waals surface area contributed by atoms with E-state index in [1.165, 1.54) is 12.8 Å². The summed E-state index contributed by atoms with van der Waals surface area (Å²) in [7, 11) is 0. The van der Waals surface area contributed by atoms with Crippen LogP contribution in [0.2, 0.25) is 0 Å². The van der Waals surface area contributed by atoms with E-state index in [0.29, 0.717) is 0 Å². The number of morpholine rings is 1. The van der Waals surface area contributed by atoms with Crippen LogP contribution in [-0.2, 0) is 4.74 Å². The lowest BCUT2D eigenvalue weighted by Gasteiger charge is -2.47. The van der Waals surface area contributed by atoms with Crippen LogP contribution in [0.25, 0.3) is 0 Å². The van der Waals surface area contributed by atoms with Crippen molar-refractivity contribution in [2.45, 2.75) is 57.3 Å². The van der Waals surface area contributed by atoms with Gasteiger partial charge < -0.3 is 10.5 Å². The molecule has 0 aromatic carbocycles. The highest BCUT2D eigenvalue weighted by Crippen LogP contribution is 2.36. The first-order chi connectivity index (χ1) is 6.70. The summed E-state index contributed by atoms with van der Waals surface area (Å²) >= 11 is 0. The predicted molar refractivity (Wildman–Crippen MR) is 61.8 cm³/mol. The number of nitrogens with two attached hydrogens (primary N) is 1. The third kappa shape index (κ3) is 2.92. The minimum atomic E-state index is -0.0486. The third-order valence-electron chi connectivity index (χ3n) is 3.19. The normalized spacial score (nSPS) is 32.6. The Morgan fingerprint density at radius 1 is 1.07 bits per heavy atom. The van der Waals surface area contributed by atoms with Crippen LogP contribution in [0, 0.1) is 0 Å². The summed E-state index contributed by atoms with van der Waals surface area (Å²) in [5, 5.41) is 0. The molecule has 15 heavy (non-hydrogen) atoms. The highest BCUT2D eigenvalue weighted by Gasteiger charge is 2.44. The molecule has 0 spiro atoms. The van der Waals surface area contributed by atoms with Crippen molar-refractivity contribution in [3.63, 3.8) is 0 Å². The van der Waals surface area contributed by atoms with Gasteiger partial charge in [-0.15, -0.1) is 0 Å². The van der Waals surface area contributed by atoms with Crippen molar-refractivity contribution in [1.29, 1.82) is 0 Å². The van der Waals surface area contributed by atoms with Gasteiger partial charge in [-0.2, -0.15) is 0 Å². The van der Waals surface area contributed by atoms with Crippen LogP contribution in [0.5, 0.6) is 0 Å². The Morgan fingerprint density at radius 3 is 1.93 bits per heavy atom. The van der Waals surface area contributed by atoms with Crippen LogP contribution in [0.3, 0.4) is 0 Å². The zero-order valence-electron chi connectivity index (χ0n) is 10.5. The molecule has 2 aliphatic rings. The fraction of sp³-hybridized carbons (Fsp3) is 1.00. The Hall–Kier alpha value is -0.120. The van der Waals surface area contributed by atoms with Crippen molar-refractivity contribution < 1.29 is 4.74 Å². The van der Waals surface area contributed by atoms with Crippen molar-refractivity contribution >= 4 is 0 Å². The van der Waals surface area contributed by atoms with Gasteiger partial charge >= 0.3 is 0 Å². The Balaban J connectivity index is 2.00. The molecule has 0 bridgehead atoms. The summed E-state index contributed by atoms with van der Waals surface area (Å²) in [6, 6.07) is 0. The molecule has 0 aromatic heterocycles. The maximum Gasteiger partial charge on any atom is 0.0760 e. The number of ether oxygens (including phenoxy) is 1. The summed E-state index contributed by atoms with van der Waals surface area (Å²) in [6.07, 6.45) is 2.37. The van der Waals surface area contributed by atoms with Crippen LogP contribution < -0.4 is 5.73 Å². The van der Waals surface area contributed by atoms with Crippen LogP contribution in [0.15, 0.2) is 0 Å². The molecule has 1 saturated heterocycles. The zero-order valence-corrected chi connectivity index (χ0v) is 10.5. The molecule has 0 unspecified atom stereocenters. The standard InChI is InChI=1S/C12H24N2O/c1-10(2)7-14(8-11(3,4)15-10)9-12(13)5-6-12/h5-9,13H2,1-4H3. The molecule has 0 amide bonds. The molecule has 1 saturated carbocycles. The van der Waals surface area contributed by atoms with Crippen molar-refractivity contribution in [2.24, 2.45) is 5.73 Å². The molecule has 3 nitrogen and oxygen atoms in total. The monoisotopic (exact) mass is 212 g/mol. The van der Waals surface area contributed by atoms with Gasteiger partial charge in [0.2, 0.25) is 0 Å². The molecule has 1 aliphatic carbocycles. The zero-order chi connectivity index (χ0) is 11.3. The van der Waals surface area contributed by atoms with Gasteiger partial charge in [0.1, 0.15) is 0 Å². The van der Waals surface area contributed by atoms with Crippen LogP contribution in [-0.4, -0.2) is 41.3 Å². The van der Waals surface area contributed by atoms with E-state index >= 15 is 0 Å². The Morgan fingerprint density at radius 2 is 1.53 bits per heavy atom. The molecule has 0 atom stereocenters. The van der Waals surface area contributed by atoms with Gasteiger partial charge in [0.15, 0.2) is 0 Å². The van der Waals surface area contributed by atoms with Crippen LogP contribution in [0.1, 0.15) is 40.5 Å². The first-order valence-corrected chi connectivity index (χ1v) is 5.91. The van der Waals surface area contributed by atoms with Gasteiger partial charge in [0.25, 0.3) is 0 Å². The predicted octanol–water partition coefficient (Wildman–Crippen LogP) is 1.37. The smallest absolute Gasteiger partial charge is 0.0760 e. The van der Waals surface area contributed by atoms with Gasteiger partial charge in [-0.05, 0) is 40.5 Å². The third-order valence-corrected chi connectivity index (χ3v) is 3.19. The van der Waals surface area contributed by atoms with Gasteiger partial charge in [-0.1, -0.05) is 0 Å². The molecule has 2 rings (SSSR count). The molecular weight excluding hydrogens is 188 g/mol. The summed E-state index contributed by atoms with van der Waals surface area (Å²) < 4.78 is 6.04. The lowest BCUT2D eigenvalue weighted by atomic mass is 9.98. The van der Waals surface area contributed by atoms with E-state index in [4.69, 9.17) is 10.5 Å². The second-order valence-electron chi connectivity index (χ2n) is 6.63. The first kappa shape index (κ1) is 11.4. The lowest BCUT2D eigenvalue weighted by Crippen LogP contribution is -2.59. The van der Waals surface area contributed by atoms with E-state index in [1.54, 1.807) is 0 Å². The lowest BCUT2D eigenvalue weighted by molar-refractivity contribution is -0.181. The van der Waals surface area contributed by atoms with E-state index in [-0.39, 0.29) is 16.7 Å². The summed E-state index contributed by atoms with van der Waals surface area (Å²) in [5.74, 6) is 0. The molecule has 0 aromatic rings. The fourth-order valence-corrected chi connectivity index (χ4v) is 2.82. The highest BCUT2D eigenvalue weighted by atomic mass is 16.5. The van der Waals surface area contributed by atoms with E-state index < -0.39 is 0 Å². The summed E-state index contributed by atoms with van der Waals surface area (Å²) in [5.41, 5.74) is 6.19. The van der Waals surface area contributed by atoms with Crippen molar-refractivity contribution in [2.75, 3.05) is 19.6 Å². The van der Waals surface area contributed by atoms with E-state index in [0.717, 1.165) is 19.6 Å². The summed E-state index contributed by atoms with van der Waals surface area (Å²) in [6.45, 7) is 11.7. The molecule has 2 fully saturated rings. The van der Waals surface area contributed by atoms with E-state index in [9.17, 15) is 0 Å². The Kier molecular flexibility index (Phi) is 2.42. The highest BCUT2D eigenvalue weighted by molar-refractivity contribution is 5.03. The number of rotatable bonds is 2. The van der Waals surface area contributed by atoms with Crippen molar-refractivity contribution in [3.05, 3.63) is 0 Å². The van der Waals surface area contributed by atoms with E-state index in [2.05, 4.69) is 32.6 Å². The van der Waals surface area contributed by atoms with Crippen LogP contribution >= 0.6 is 0 Å². The minimum Gasteiger partial charge on any atom is -0.367 e. The second-order valence-corrected chi connectivity index (χ2v) is 6.63. The molecule has 3 heteroatoms. The van der Waals surface area contributed by atoms with Crippen LogP contribution in [0.4, 0.5) is 0 Å². The molecule has 1 aliphatic heterocycles. The number of hydrogen-bond donors (Lipinski definition) is 1. The van der Waals surface area contributed by atoms with Gasteiger partial charge in [0.05, 0.1) is 11.2 Å². The minimum absolute atomic E-state index is 0.0486. The average Bonchev–Trinajstić information content (AvgIpc) is 2.58. The van der Waals surface area contributed by atoms with Gasteiger partial charge in [-0.25, -0.2) is 0 Å². The molecule has 1 heterocycles. The van der Waals surface area contributed by atoms with E-state index in [1.807, 2.05) is 0 Å². The van der Waals surface area contributed by atoms with Gasteiger partial charge in [0, 0.05) is 25.2 Å². The fourth-order valence-electron chi connectivity index (χ4n) is 2.82. The Labute approximate surface area is 93.0 Å². The second kappa shape index (κ2) is 3.19. The quantitative estimate of drug-likeness (QED) is 0.751. The molecule has 88 valence electrons. The SMILES string of the molecule is CC1(C)CN(CC2(N)CC2)CC(C)(C)O1. The average molecular weight is 212 g/mol. The Bertz CT molecular complexity index is 238. The maximum atomic E-state index is 6.17. The first-order valence-electron chi connectivity index (χ1n) is 5.91. The van der Waals surface area contributed by atoms with Gasteiger partial charge in [-0.3, -0.25) is 4.90 Å². The summed E-state index contributed by atoms with van der Waals surface area (Å²) in [4.78, 5) is 2.47. The number of nitrogens with zero attached hydrogens (tertiary/aromatic N) is 1. The van der Waals surface area contributed by atoms with Crippen molar-refractivity contribution in [3.8, 4) is 0 Å². The number of hydrogen-bond acceptors (Lipinski definition) is 3. The molecule has 2 N–H and O–H groups in total. The van der Waals surface area contributed by atoms with Crippen molar-refractivity contribution in [1.82, 2.24) is 4.90 Å².